The first kappa shape index (κ1) is 21.2. The fourth-order valence-corrected chi connectivity index (χ4v) is 2.43. The number of ether oxygens (including phenoxy) is 1. The first-order valence-corrected chi connectivity index (χ1v) is 9.04. The zero-order valence-corrected chi connectivity index (χ0v) is 16.2. The largest absolute Gasteiger partial charge is 0.451 e. The van der Waals surface area contributed by atoms with Crippen LogP contribution in [0.1, 0.15) is 18.1 Å². The summed E-state index contributed by atoms with van der Waals surface area (Å²) in [6.07, 6.45) is 2.12. The van der Waals surface area contributed by atoms with E-state index in [-0.39, 0.29) is 5.70 Å². The maximum atomic E-state index is 12.2. The summed E-state index contributed by atoms with van der Waals surface area (Å²) in [5.74, 6) is -1.62. The van der Waals surface area contributed by atoms with E-state index in [9.17, 15) is 14.4 Å². The molecule has 0 aromatic heterocycles. The second kappa shape index (κ2) is 10.9. The van der Waals surface area contributed by atoms with Gasteiger partial charge < -0.3 is 15.4 Å². The predicted octanol–water partition coefficient (Wildman–Crippen LogP) is 2.72. The molecule has 0 spiro atoms. The molecule has 0 unspecified atom stereocenters. The Kier molecular flexibility index (Phi) is 8.24. The summed E-state index contributed by atoms with van der Waals surface area (Å²) in [5, 5.41) is 5.75. The van der Waals surface area contributed by atoms with Crippen molar-refractivity contribution in [3.8, 4) is 0 Å². The molecule has 0 aliphatic carbocycles. The summed E-state index contributed by atoms with van der Waals surface area (Å²) in [7, 11) is 0. The lowest BCUT2D eigenvalue weighted by Crippen LogP contribution is -2.32. The lowest BCUT2D eigenvalue weighted by Gasteiger charge is -2.10. The normalized spacial score (nSPS) is 10.9. The Morgan fingerprint density at radius 2 is 1.71 bits per heavy atom. The van der Waals surface area contributed by atoms with Crippen molar-refractivity contribution in [2.45, 2.75) is 13.3 Å². The highest BCUT2D eigenvalue weighted by Gasteiger charge is 2.14. The van der Waals surface area contributed by atoms with Crippen LogP contribution in [-0.2, 0) is 25.5 Å². The van der Waals surface area contributed by atoms with Gasteiger partial charge in [0.15, 0.2) is 6.61 Å². The molecular weight excluding hydrogens is 380 g/mol. The number of rotatable bonds is 8. The summed E-state index contributed by atoms with van der Waals surface area (Å²) < 4.78 is 5.01. The maximum absolute atomic E-state index is 12.2. The molecule has 2 amide bonds. The zero-order chi connectivity index (χ0) is 20.4. The topological polar surface area (TPSA) is 84.5 Å². The highest BCUT2D eigenvalue weighted by molar-refractivity contribution is 6.30. The molecule has 0 bridgehead atoms. The summed E-state index contributed by atoms with van der Waals surface area (Å²) in [5.41, 5.74) is 1.71. The summed E-state index contributed by atoms with van der Waals surface area (Å²) in [6, 6.07) is 16.3. The summed E-state index contributed by atoms with van der Waals surface area (Å²) in [4.78, 5) is 35.4. The molecule has 2 rings (SSSR count). The van der Waals surface area contributed by atoms with E-state index in [0.29, 0.717) is 18.0 Å². The van der Waals surface area contributed by atoms with Gasteiger partial charge in [-0.05, 0) is 35.8 Å². The van der Waals surface area contributed by atoms with E-state index in [0.717, 1.165) is 11.1 Å². The number of esters is 1. The van der Waals surface area contributed by atoms with Crippen molar-refractivity contribution < 1.29 is 19.1 Å². The van der Waals surface area contributed by atoms with E-state index in [1.807, 2.05) is 18.2 Å². The van der Waals surface area contributed by atoms with Crippen molar-refractivity contribution in [3.63, 3.8) is 0 Å². The van der Waals surface area contributed by atoms with Crippen LogP contribution in [0.3, 0.4) is 0 Å². The van der Waals surface area contributed by atoms with Gasteiger partial charge in [0.05, 0.1) is 0 Å². The molecule has 0 aliphatic heterocycles. The van der Waals surface area contributed by atoms with E-state index in [1.54, 1.807) is 36.4 Å². The molecule has 28 heavy (non-hydrogen) atoms. The minimum absolute atomic E-state index is 0.0346. The second-order valence-electron chi connectivity index (χ2n) is 5.95. The van der Waals surface area contributed by atoms with Gasteiger partial charge in [-0.2, -0.15) is 0 Å². The minimum Gasteiger partial charge on any atom is -0.451 e. The average molecular weight is 401 g/mol. The quantitative estimate of drug-likeness (QED) is 0.527. The molecule has 2 N–H and O–H groups in total. The lowest BCUT2D eigenvalue weighted by atomic mass is 10.1. The minimum atomic E-state index is -0.785. The number of hydrogen-bond donors (Lipinski definition) is 2. The highest BCUT2D eigenvalue weighted by Crippen LogP contribution is 2.09. The Bertz CT molecular complexity index is 848. The Morgan fingerprint density at radius 3 is 2.36 bits per heavy atom. The van der Waals surface area contributed by atoms with Gasteiger partial charge in [0.25, 0.3) is 5.91 Å². The van der Waals surface area contributed by atoms with Gasteiger partial charge in [-0.3, -0.25) is 9.59 Å². The molecule has 0 radical (unpaired) electrons. The van der Waals surface area contributed by atoms with Crippen LogP contribution in [0.5, 0.6) is 0 Å². The molecule has 0 fully saturated rings. The maximum Gasteiger partial charge on any atom is 0.355 e. The van der Waals surface area contributed by atoms with Crippen LogP contribution in [0.4, 0.5) is 0 Å². The van der Waals surface area contributed by atoms with Gasteiger partial charge in [-0.15, -0.1) is 0 Å². The van der Waals surface area contributed by atoms with Crippen molar-refractivity contribution in [3.05, 3.63) is 76.4 Å². The number of amides is 2. The third kappa shape index (κ3) is 7.63. The lowest BCUT2D eigenvalue weighted by molar-refractivity contribution is -0.145. The SMILES string of the molecule is CC(=O)N/C(=C\c1ccccc1)C(=O)OCC(=O)NCCc1ccc(Cl)cc1. The molecular formula is C21H21ClN2O4. The van der Waals surface area contributed by atoms with E-state index in [2.05, 4.69) is 10.6 Å². The summed E-state index contributed by atoms with van der Waals surface area (Å²) >= 11 is 5.83. The molecule has 6 nitrogen and oxygen atoms in total. The van der Waals surface area contributed by atoms with Gasteiger partial charge >= 0.3 is 5.97 Å². The van der Waals surface area contributed by atoms with Crippen LogP contribution in [0.25, 0.3) is 6.08 Å². The van der Waals surface area contributed by atoms with Crippen molar-refractivity contribution in [2.75, 3.05) is 13.2 Å². The molecule has 0 aliphatic rings. The fourth-order valence-electron chi connectivity index (χ4n) is 2.31. The number of nitrogens with one attached hydrogen (secondary N) is 2. The standard InChI is InChI=1S/C21H21ClN2O4/c1-15(25)24-19(13-17-5-3-2-4-6-17)21(27)28-14-20(26)23-12-11-16-7-9-18(22)10-8-16/h2-10,13H,11-12,14H2,1H3,(H,23,26)(H,24,25)/b19-13-. The van der Waals surface area contributed by atoms with Crippen LogP contribution >= 0.6 is 11.6 Å². The van der Waals surface area contributed by atoms with Crippen LogP contribution in [0.2, 0.25) is 5.02 Å². The number of hydrogen-bond acceptors (Lipinski definition) is 4. The molecule has 2 aromatic carbocycles. The van der Waals surface area contributed by atoms with Gasteiger partial charge in [0.2, 0.25) is 5.91 Å². The van der Waals surface area contributed by atoms with E-state index in [4.69, 9.17) is 16.3 Å². The monoisotopic (exact) mass is 400 g/mol. The predicted molar refractivity (Wildman–Crippen MR) is 107 cm³/mol. The Hall–Kier alpha value is -3.12. The Morgan fingerprint density at radius 1 is 1.04 bits per heavy atom. The highest BCUT2D eigenvalue weighted by atomic mass is 35.5. The molecule has 0 heterocycles. The smallest absolute Gasteiger partial charge is 0.355 e. The van der Waals surface area contributed by atoms with Crippen LogP contribution in [-0.4, -0.2) is 30.9 Å². The van der Waals surface area contributed by atoms with E-state index in [1.165, 1.54) is 13.0 Å². The van der Waals surface area contributed by atoms with Crippen LogP contribution in [0.15, 0.2) is 60.3 Å². The Balaban J connectivity index is 1.83. The molecule has 7 heteroatoms. The summed E-state index contributed by atoms with van der Waals surface area (Å²) in [6.45, 7) is 1.25. The third-order valence-corrected chi connectivity index (χ3v) is 3.88. The van der Waals surface area contributed by atoms with Gasteiger partial charge in [0.1, 0.15) is 5.70 Å². The van der Waals surface area contributed by atoms with Crippen molar-refractivity contribution in [1.29, 1.82) is 0 Å². The van der Waals surface area contributed by atoms with Crippen molar-refractivity contribution in [1.82, 2.24) is 10.6 Å². The van der Waals surface area contributed by atoms with Crippen molar-refractivity contribution in [2.24, 2.45) is 0 Å². The fraction of sp³-hybridized carbons (Fsp3) is 0.190. The van der Waals surface area contributed by atoms with Crippen molar-refractivity contribution >= 4 is 35.5 Å². The number of halogens is 1. The number of carbonyl (C=O) groups excluding carboxylic acids is 3. The Labute approximate surface area is 168 Å². The number of benzene rings is 2. The second-order valence-corrected chi connectivity index (χ2v) is 6.39. The molecule has 0 saturated heterocycles. The third-order valence-electron chi connectivity index (χ3n) is 3.62. The van der Waals surface area contributed by atoms with E-state index >= 15 is 0 Å². The first-order valence-electron chi connectivity index (χ1n) is 8.66. The average Bonchev–Trinajstić information content (AvgIpc) is 2.67. The molecule has 2 aromatic rings. The molecule has 0 atom stereocenters. The van der Waals surface area contributed by atoms with Gasteiger partial charge in [-0.25, -0.2) is 4.79 Å². The van der Waals surface area contributed by atoms with Crippen LogP contribution < -0.4 is 10.6 Å². The number of carbonyl (C=O) groups is 3. The van der Waals surface area contributed by atoms with E-state index < -0.39 is 24.4 Å². The van der Waals surface area contributed by atoms with Crippen LogP contribution in [0, 0.1) is 0 Å². The molecule has 146 valence electrons. The first-order chi connectivity index (χ1) is 13.4. The zero-order valence-electron chi connectivity index (χ0n) is 15.4. The van der Waals surface area contributed by atoms with Gasteiger partial charge in [-0.1, -0.05) is 54.1 Å². The molecule has 0 saturated carbocycles. The van der Waals surface area contributed by atoms with Gasteiger partial charge in [0, 0.05) is 18.5 Å².